The van der Waals surface area contributed by atoms with E-state index < -0.39 is 0 Å². The number of carbonyl (C=O) groups excluding carboxylic acids is 1. The molecule has 0 aliphatic carbocycles. The monoisotopic (exact) mass is 458 g/mol. The Morgan fingerprint density at radius 3 is 2.68 bits per heavy atom. The van der Waals surface area contributed by atoms with Crippen LogP contribution in [-0.2, 0) is 6.54 Å². The molecule has 0 saturated carbocycles. The van der Waals surface area contributed by atoms with Gasteiger partial charge in [0.25, 0.3) is 5.56 Å². The second-order valence-electron chi connectivity index (χ2n) is 8.57. The van der Waals surface area contributed by atoms with Gasteiger partial charge in [-0.05, 0) is 51.2 Å². The molecule has 0 atom stereocenters. The van der Waals surface area contributed by atoms with Crippen LogP contribution in [-0.4, -0.2) is 52.0 Å². The third kappa shape index (κ3) is 4.08. The van der Waals surface area contributed by atoms with Gasteiger partial charge in [-0.15, -0.1) is 0 Å². The van der Waals surface area contributed by atoms with Crippen LogP contribution in [0.5, 0.6) is 11.5 Å². The number of fused-ring (bicyclic) bond motifs is 2. The largest absolute Gasteiger partial charge is 0.486 e. The highest BCUT2D eigenvalue weighted by Crippen LogP contribution is 2.33. The lowest BCUT2D eigenvalue weighted by Crippen LogP contribution is -2.28. The number of ether oxygens (including phenoxy) is 2. The predicted molar refractivity (Wildman–Crippen MR) is 129 cm³/mol. The summed E-state index contributed by atoms with van der Waals surface area (Å²) in [4.78, 5) is 34.7. The lowest BCUT2D eigenvalue weighted by Gasteiger charge is -2.20. The Labute approximate surface area is 196 Å². The first-order chi connectivity index (χ1) is 16.4. The van der Waals surface area contributed by atoms with Gasteiger partial charge < -0.3 is 19.0 Å². The topological polar surface area (TPSA) is 89.5 Å². The Kier molecular flexibility index (Phi) is 5.67. The average Bonchev–Trinajstić information content (AvgIpc) is 3.12. The van der Waals surface area contributed by atoms with E-state index in [0.717, 1.165) is 22.8 Å². The maximum Gasteiger partial charge on any atom is 0.258 e. The molecule has 8 heteroatoms. The van der Waals surface area contributed by atoms with Gasteiger partial charge in [0.1, 0.15) is 19.0 Å². The van der Waals surface area contributed by atoms with Crippen LogP contribution in [0.15, 0.2) is 53.3 Å². The number of aromatic amines is 1. The molecule has 3 heterocycles. The van der Waals surface area contributed by atoms with Crippen molar-refractivity contribution in [1.29, 1.82) is 0 Å². The molecule has 8 nitrogen and oxygen atoms in total. The summed E-state index contributed by atoms with van der Waals surface area (Å²) in [6.07, 6.45) is 0. The van der Waals surface area contributed by atoms with Crippen molar-refractivity contribution in [1.82, 2.24) is 19.4 Å². The van der Waals surface area contributed by atoms with E-state index in [9.17, 15) is 9.59 Å². The molecule has 2 aromatic heterocycles. The molecule has 0 spiro atoms. The lowest BCUT2D eigenvalue weighted by atomic mass is 10.1. The number of ketones is 1. The molecule has 34 heavy (non-hydrogen) atoms. The fourth-order valence-corrected chi connectivity index (χ4v) is 4.47. The molecule has 0 unspecified atom stereocenters. The van der Waals surface area contributed by atoms with E-state index in [-0.39, 0.29) is 17.9 Å². The van der Waals surface area contributed by atoms with Gasteiger partial charge in [0.2, 0.25) is 0 Å². The number of hydrogen-bond acceptors (Lipinski definition) is 6. The van der Waals surface area contributed by atoms with Crippen molar-refractivity contribution < 1.29 is 14.3 Å². The minimum absolute atomic E-state index is 0.00234. The van der Waals surface area contributed by atoms with E-state index in [1.165, 1.54) is 0 Å². The summed E-state index contributed by atoms with van der Waals surface area (Å²) in [5, 5.41) is 0.552. The number of H-pyrrole nitrogens is 1. The smallest absolute Gasteiger partial charge is 0.258 e. The average molecular weight is 459 g/mol. The van der Waals surface area contributed by atoms with Gasteiger partial charge in [-0.2, -0.15) is 0 Å². The maximum absolute atomic E-state index is 13.2. The van der Waals surface area contributed by atoms with Crippen LogP contribution in [0.3, 0.4) is 0 Å². The number of benzene rings is 2. The Morgan fingerprint density at radius 2 is 1.85 bits per heavy atom. The molecule has 174 valence electrons. The van der Waals surface area contributed by atoms with Gasteiger partial charge >= 0.3 is 0 Å². The Bertz CT molecular complexity index is 1450. The molecular formula is C26H26N4O4. The first kappa shape index (κ1) is 21.9. The van der Waals surface area contributed by atoms with Crippen LogP contribution in [0.25, 0.3) is 16.6 Å². The first-order valence-electron chi connectivity index (χ1n) is 11.2. The summed E-state index contributed by atoms with van der Waals surface area (Å²) in [6.45, 7) is 5.54. The van der Waals surface area contributed by atoms with Crippen LogP contribution in [0, 0.1) is 13.8 Å². The van der Waals surface area contributed by atoms with Crippen LogP contribution < -0.4 is 15.0 Å². The minimum atomic E-state index is -0.177. The van der Waals surface area contributed by atoms with Crippen molar-refractivity contribution in [2.24, 2.45) is 0 Å². The van der Waals surface area contributed by atoms with Gasteiger partial charge in [-0.25, -0.2) is 4.98 Å². The molecule has 4 aromatic rings. The lowest BCUT2D eigenvalue weighted by molar-refractivity contribution is 0.0941. The molecular weight excluding hydrogens is 432 g/mol. The van der Waals surface area contributed by atoms with Crippen LogP contribution in [0.2, 0.25) is 0 Å². The standard InChI is InChI=1S/C26H26N4O4/c1-16-12-20(17(2)30(16)18-8-9-23-24(13-18)34-11-10-33-23)22(31)14-29(3)15-25-27-21-7-5-4-6-19(21)26(32)28-25/h4-9,12-13H,10-11,14-15H2,1-3H3,(H,27,28,32). The number of aromatic nitrogens is 3. The minimum Gasteiger partial charge on any atom is -0.486 e. The molecule has 2 aromatic carbocycles. The molecule has 5 rings (SSSR count). The molecule has 0 bridgehead atoms. The first-order valence-corrected chi connectivity index (χ1v) is 11.2. The number of nitrogens with one attached hydrogen (secondary N) is 1. The fraction of sp³-hybridized carbons (Fsp3) is 0.269. The molecule has 1 N–H and O–H groups in total. The van der Waals surface area contributed by atoms with Crippen LogP contribution >= 0.6 is 0 Å². The molecule has 1 aliphatic heterocycles. The van der Waals surface area contributed by atoms with Crippen molar-refractivity contribution in [2.75, 3.05) is 26.8 Å². The highest BCUT2D eigenvalue weighted by atomic mass is 16.6. The van der Waals surface area contributed by atoms with Crippen molar-refractivity contribution in [3.05, 3.63) is 81.7 Å². The summed E-state index contributed by atoms with van der Waals surface area (Å²) < 4.78 is 13.4. The molecule has 1 aliphatic rings. The number of nitrogens with zero attached hydrogens (tertiary/aromatic N) is 3. The number of aryl methyl sites for hydroxylation is 1. The van der Waals surface area contributed by atoms with E-state index in [1.807, 2.05) is 72.8 Å². The van der Waals surface area contributed by atoms with Gasteiger partial charge in [0.05, 0.1) is 24.0 Å². The number of hydrogen-bond donors (Lipinski definition) is 1. The molecule has 0 saturated heterocycles. The van der Waals surface area contributed by atoms with Crippen LogP contribution in [0.1, 0.15) is 27.6 Å². The van der Waals surface area contributed by atoms with Crippen molar-refractivity contribution in [3.63, 3.8) is 0 Å². The molecule has 0 radical (unpaired) electrons. The zero-order chi connectivity index (χ0) is 23.8. The number of para-hydroxylation sites is 1. The number of carbonyl (C=O) groups is 1. The van der Waals surface area contributed by atoms with Gasteiger partial charge in [0.15, 0.2) is 17.3 Å². The summed E-state index contributed by atoms with van der Waals surface area (Å²) >= 11 is 0. The molecule has 0 amide bonds. The maximum atomic E-state index is 13.2. The van der Waals surface area contributed by atoms with Gasteiger partial charge in [0, 0.05) is 28.7 Å². The summed E-state index contributed by atoms with van der Waals surface area (Å²) in [5.41, 5.74) is 3.88. The Morgan fingerprint density at radius 1 is 1.09 bits per heavy atom. The quantitative estimate of drug-likeness (QED) is 0.446. The predicted octanol–water partition coefficient (Wildman–Crippen LogP) is 3.42. The van der Waals surface area contributed by atoms with Crippen LogP contribution in [0.4, 0.5) is 0 Å². The van der Waals surface area contributed by atoms with Gasteiger partial charge in [-0.3, -0.25) is 14.5 Å². The Hall–Kier alpha value is -3.91. The van der Waals surface area contributed by atoms with Crippen molar-refractivity contribution >= 4 is 16.7 Å². The van der Waals surface area contributed by atoms with E-state index in [2.05, 4.69) is 9.97 Å². The highest BCUT2D eigenvalue weighted by molar-refractivity contribution is 5.99. The van der Waals surface area contributed by atoms with E-state index in [4.69, 9.17) is 9.47 Å². The van der Waals surface area contributed by atoms with E-state index in [1.54, 1.807) is 6.07 Å². The van der Waals surface area contributed by atoms with Crippen molar-refractivity contribution in [3.8, 4) is 17.2 Å². The number of rotatable bonds is 6. The Balaban J connectivity index is 1.35. The highest BCUT2D eigenvalue weighted by Gasteiger charge is 2.20. The van der Waals surface area contributed by atoms with E-state index in [0.29, 0.717) is 47.8 Å². The summed E-state index contributed by atoms with van der Waals surface area (Å²) in [5.74, 6) is 1.97. The summed E-state index contributed by atoms with van der Waals surface area (Å²) in [6, 6.07) is 14.9. The number of likely N-dealkylation sites (N-methyl/N-ethyl adjacent to an activating group) is 1. The molecule has 0 fully saturated rings. The normalized spacial score (nSPS) is 12.9. The number of Topliss-reactive ketones (excluding diaryl/α,β-unsaturated/α-hetero) is 1. The summed E-state index contributed by atoms with van der Waals surface area (Å²) in [7, 11) is 1.84. The second kappa shape index (κ2) is 8.79. The SMILES string of the molecule is Cc1cc(C(=O)CN(C)Cc2nc3ccccc3c(=O)[nH]2)c(C)n1-c1ccc2c(c1)OCCO2. The zero-order valence-electron chi connectivity index (χ0n) is 19.4. The fourth-order valence-electron chi connectivity index (χ4n) is 4.47. The van der Waals surface area contributed by atoms with Gasteiger partial charge in [-0.1, -0.05) is 12.1 Å². The zero-order valence-corrected chi connectivity index (χ0v) is 19.4. The third-order valence-corrected chi connectivity index (χ3v) is 6.01. The van der Waals surface area contributed by atoms with Crippen molar-refractivity contribution in [2.45, 2.75) is 20.4 Å². The second-order valence-corrected chi connectivity index (χ2v) is 8.57. The third-order valence-electron chi connectivity index (χ3n) is 6.01. The van der Waals surface area contributed by atoms with E-state index >= 15 is 0 Å².